The lowest BCUT2D eigenvalue weighted by atomic mass is 9.94. The molecule has 1 amide bonds. The number of ether oxygens (including phenoxy) is 1. The maximum Gasteiger partial charge on any atom is 0.260 e. The molecule has 1 saturated heterocycles. The molecule has 2 aliphatic rings. The van der Waals surface area contributed by atoms with Gasteiger partial charge in [0.05, 0.1) is 32.7 Å². The van der Waals surface area contributed by atoms with Gasteiger partial charge in [0.2, 0.25) is 0 Å². The molecule has 1 aliphatic heterocycles. The van der Waals surface area contributed by atoms with Gasteiger partial charge in [0, 0.05) is 5.92 Å². The fourth-order valence-corrected chi connectivity index (χ4v) is 3.48. The molecule has 1 heterocycles. The third-order valence-corrected chi connectivity index (χ3v) is 4.88. The number of para-hydroxylation sites is 1. The average molecular weight is 315 g/mol. The first-order chi connectivity index (χ1) is 11.3. The molecule has 1 atom stereocenters. The zero-order valence-electron chi connectivity index (χ0n) is 13.7. The number of nitrogens with one attached hydrogen (secondary N) is 1. The van der Waals surface area contributed by atoms with Gasteiger partial charge in [-0.25, -0.2) is 0 Å². The van der Waals surface area contributed by atoms with Gasteiger partial charge in [0.15, 0.2) is 6.61 Å². The van der Waals surface area contributed by atoms with E-state index in [2.05, 4.69) is 12.2 Å². The summed E-state index contributed by atoms with van der Waals surface area (Å²) in [4.78, 5) is 15.9. The van der Waals surface area contributed by atoms with Crippen molar-refractivity contribution in [1.29, 1.82) is 0 Å². The van der Waals surface area contributed by atoms with E-state index >= 15 is 0 Å². The number of amides is 1. The third-order valence-electron chi connectivity index (χ3n) is 4.88. The lowest BCUT2D eigenvalue weighted by Crippen LogP contribution is -3.15. The minimum absolute atomic E-state index is 0.105. The summed E-state index contributed by atoms with van der Waals surface area (Å²) >= 11 is 0. The summed E-state index contributed by atoms with van der Waals surface area (Å²) in [6.45, 7) is 5.25. The van der Waals surface area contributed by atoms with Crippen LogP contribution in [0.3, 0.4) is 0 Å². The van der Waals surface area contributed by atoms with Gasteiger partial charge < -0.3 is 14.5 Å². The SMILES string of the molecule is O=C(COc1ccccc1)N1CC[NH+](C[C@@H]2CC=CCC2)CC1. The van der Waals surface area contributed by atoms with E-state index in [0.717, 1.165) is 37.8 Å². The molecular formula is C19H27N2O2+. The van der Waals surface area contributed by atoms with Crippen LogP contribution in [0.4, 0.5) is 0 Å². The number of quaternary nitrogens is 1. The van der Waals surface area contributed by atoms with Crippen molar-refractivity contribution in [2.24, 2.45) is 5.92 Å². The molecule has 1 aromatic carbocycles. The number of carbonyl (C=O) groups excluding carboxylic acids is 1. The molecule has 3 rings (SSSR count). The largest absolute Gasteiger partial charge is 0.484 e. The molecule has 4 nitrogen and oxygen atoms in total. The zero-order chi connectivity index (χ0) is 15.9. The van der Waals surface area contributed by atoms with Crippen LogP contribution in [0.15, 0.2) is 42.5 Å². The summed E-state index contributed by atoms with van der Waals surface area (Å²) in [5.41, 5.74) is 0. The molecule has 1 aliphatic carbocycles. The predicted octanol–water partition coefficient (Wildman–Crippen LogP) is 1.15. The Morgan fingerprint density at radius 1 is 1.17 bits per heavy atom. The number of piperazine rings is 1. The van der Waals surface area contributed by atoms with Crippen molar-refractivity contribution in [3.05, 3.63) is 42.5 Å². The first-order valence-electron chi connectivity index (χ1n) is 8.75. The molecule has 23 heavy (non-hydrogen) atoms. The highest BCUT2D eigenvalue weighted by atomic mass is 16.5. The molecule has 0 bridgehead atoms. The summed E-state index contributed by atoms with van der Waals surface area (Å²) in [7, 11) is 0. The Morgan fingerprint density at radius 2 is 1.96 bits per heavy atom. The van der Waals surface area contributed by atoms with Gasteiger partial charge in [-0.15, -0.1) is 0 Å². The average Bonchev–Trinajstić information content (AvgIpc) is 2.62. The lowest BCUT2D eigenvalue weighted by Gasteiger charge is -2.34. The van der Waals surface area contributed by atoms with Crippen LogP contribution in [0.5, 0.6) is 5.75 Å². The molecule has 1 aromatic rings. The second-order valence-electron chi connectivity index (χ2n) is 6.59. The first-order valence-corrected chi connectivity index (χ1v) is 8.75. The van der Waals surface area contributed by atoms with Gasteiger partial charge in [-0.1, -0.05) is 30.4 Å². The second-order valence-corrected chi connectivity index (χ2v) is 6.59. The van der Waals surface area contributed by atoms with Crippen molar-refractivity contribution in [2.45, 2.75) is 19.3 Å². The van der Waals surface area contributed by atoms with Crippen LogP contribution in [0.2, 0.25) is 0 Å². The molecular weight excluding hydrogens is 288 g/mol. The van der Waals surface area contributed by atoms with Crippen molar-refractivity contribution in [3.63, 3.8) is 0 Å². The Bertz CT molecular complexity index is 521. The summed E-state index contributed by atoms with van der Waals surface area (Å²) in [6.07, 6.45) is 8.42. The van der Waals surface area contributed by atoms with Crippen molar-refractivity contribution in [1.82, 2.24) is 4.90 Å². The minimum atomic E-state index is 0.105. The molecule has 0 unspecified atom stereocenters. The Morgan fingerprint density at radius 3 is 2.65 bits per heavy atom. The van der Waals surface area contributed by atoms with Crippen LogP contribution >= 0.6 is 0 Å². The number of hydrogen-bond donors (Lipinski definition) is 1. The van der Waals surface area contributed by atoms with E-state index < -0.39 is 0 Å². The van der Waals surface area contributed by atoms with E-state index in [-0.39, 0.29) is 12.5 Å². The maximum absolute atomic E-state index is 12.3. The number of benzene rings is 1. The third kappa shape index (κ3) is 4.83. The van der Waals surface area contributed by atoms with Crippen molar-refractivity contribution in [3.8, 4) is 5.75 Å². The Labute approximate surface area is 138 Å². The quantitative estimate of drug-likeness (QED) is 0.827. The summed E-state index contributed by atoms with van der Waals surface area (Å²) < 4.78 is 5.56. The smallest absolute Gasteiger partial charge is 0.260 e. The topological polar surface area (TPSA) is 34.0 Å². The van der Waals surface area contributed by atoms with E-state index in [9.17, 15) is 4.79 Å². The van der Waals surface area contributed by atoms with Crippen LogP contribution in [0.1, 0.15) is 19.3 Å². The molecule has 4 heteroatoms. The summed E-state index contributed by atoms with van der Waals surface area (Å²) in [5, 5.41) is 0. The van der Waals surface area contributed by atoms with Crippen LogP contribution in [-0.4, -0.2) is 50.1 Å². The molecule has 0 saturated carbocycles. The zero-order valence-corrected chi connectivity index (χ0v) is 13.7. The van der Waals surface area contributed by atoms with Crippen LogP contribution in [0.25, 0.3) is 0 Å². The number of hydrogen-bond acceptors (Lipinski definition) is 2. The van der Waals surface area contributed by atoms with Gasteiger partial charge >= 0.3 is 0 Å². The Balaban J connectivity index is 1.38. The molecule has 0 radical (unpaired) electrons. The van der Waals surface area contributed by atoms with Crippen molar-refractivity contribution >= 4 is 5.91 Å². The Kier molecular flexibility index (Phi) is 5.70. The van der Waals surface area contributed by atoms with E-state index in [1.165, 1.54) is 25.8 Å². The van der Waals surface area contributed by atoms with Gasteiger partial charge in [0.25, 0.3) is 5.91 Å². The molecule has 124 valence electrons. The standard InChI is InChI=1S/C19H26N2O2/c22-19(16-23-18-9-5-2-6-10-18)21-13-11-20(12-14-21)15-17-7-3-1-4-8-17/h1-3,5-6,9-10,17H,4,7-8,11-16H2/p+1/t17-/m1/s1. The molecule has 1 N–H and O–H groups in total. The summed E-state index contributed by atoms with van der Waals surface area (Å²) in [5.74, 6) is 1.70. The van der Waals surface area contributed by atoms with Crippen molar-refractivity contribution < 1.29 is 14.4 Å². The van der Waals surface area contributed by atoms with E-state index in [1.54, 1.807) is 4.90 Å². The molecule has 0 aromatic heterocycles. The predicted molar refractivity (Wildman–Crippen MR) is 90.6 cm³/mol. The summed E-state index contributed by atoms with van der Waals surface area (Å²) in [6, 6.07) is 9.55. The lowest BCUT2D eigenvalue weighted by molar-refractivity contribution is -0.907. The van der Waals surface area contributed by atoms with E-state index in [0.29, 0.717) is 0 Å². The molecule has 0 spiro atoms. The van der Waals surface area contributed by atoms with Crippen LogP contribution in [-0.2, 0) is 4.79 Å². The first kappa shape index (κ1) is 16.1. The fourth-order valence-electron chi connectivity index (χ4n) is 3.48. The van der Waals surface area contributed by atoms with E-state index in [4.69, 9.17) is 4.74 Å². The van der Waals surface area contributed by atoms with Crippen LogP contribution < -0.4 is 9.64 Å². The van der Waals surface area contributed by atoms with Gasteiger partial charge in [0.1, 0.15) is 5.75 Å². The monoisotopic (exact) mass is 315 g/mol. The number of nitrogens with zero attached hydrogens (tertiary/aromatic N) is 1. The Hall–Kier alpha value is -1.81. The highest BCUT2D eigenvalue weighted by molar-refractivity contribution is 5.77. The highest BCUT2D eigenvalue weighted by Crippen LogP contribution is 2.16. The van der Waals surface area contributed by atoms with Gasteiger partial charge in [-0.3, -0.25) is 4.79 Å². The van der Waals surface area contributed by atoms with Crippen molar-refractivity contribution in [2.75, 3.05) is 39.3 Å². The maximum atomic E-state index is 12.3. The fraction of sp³-hybridized carbons (Fsp3) is 0.526. The normalized spacial score (nSPS) is 22.1. The molecule has 1 fully saturated rings. The van der Waals surface area contributed by atoms with Gasteiger partial charge in [-0.05, 0) is 31.4 Å². The highest BCUT2D eigenvalue weighted by Gasteiger charge is 2.26. The number of carbonyl (C=O) groups is 1. The van der Waals surface area contributed by atoms with Crippen LogP contribution in [0, 0.1) is 5.92 Å². The van der Waals surface area contributed by atoms with Gasteiger partial charge in [-0.2, -0.15) is 0 Å². The second kappa shape index (κ2) is 8.16. The number of rotatable bonds is 5. The number of allylic oxidation sites excluding steroid dienone is 2. The van der Waals surface area contributed by atoms with E-state index in [1.807, 2.05) is 35.2 Å². The minimum Gasteiger partial charge on any atom is -0.484 e.